The minimum Gasteiger partial charge on any atom is -0.348 e. The van der Waals surface area contributed by atoms with Crippen molar-refractivity contribution in [3.8, 4) is 0 Å². The Labute approximate surface area is 151 Å². The highest BCUT2D eigenvalue weighted by atomic mass is 16.2. The van der Waals surface area contributed by atoms with Gasteiger partial charge in [0.25, 0.3) is 5.91 Å². The Kier molecular flexibility index (Phi) is 7.84. The molecular formula is C18H34N6O. The van der Waals surface area contributed by atoms with Gasteiger partial charge in [-0.1, -0.05) is 19.1 Å². The Balaban J connectivity index is 1.85. The van der Waals surface area contributed by atoms with Crippen LogP contribution in [0, 0.1) is 6.92 Å². The van der Waals surface area contributed by atoms with E-state index >= 15 is 0 Å². The van der Waals surface area contributed by atoms with Gasteiger partial charge in [-0.2, -0.15) is 0 Å². The van der Waals surface area contributed by atoms with Gasteiger partial charge >= 0.3 is 0 Å². The van der Waals surface area contributed by atoms with Crippen molar-refractivity contribution in [2.24, 2.45) is 0 Å². The molecule has 1 saturated heterocycles. The Hall–Kier alpha value is -1.47. The summed E-state index contributed by atoms with van der Waals surface area (Å²) >= 11 is 0. The van der Waals surface area contributed by atoms with E-state index in [1.54, 1.807) is 0 Å². The van der Waals surface area contributed by atoms with Crippen molar-refractivity contribution in [1.29, 1.82) is 0 Å². The van der Waals surface area contributed by atoms with Crippen LogP contribution < -0.4 is 10.6 Å². The second-order valence-corrected chi connectivity index (χ2v) is 6.99. The first-order valence-corrected chi connectivity index (χ1v) is 9.72. The zero-order valence-corrected chi connectivity index (χ0v) is 16.2. The molecule has 1 amide bonds. The highest BCUT2D eigenvalue weighted by Crippen LogP contribution is 2.20. The van der Waals surface area contributed by atoms with Crippen molar-refractivity contribution in [3.05, 3.63) is 11.4 Å². The summed E-state index contributed by atoms with van der Waals surface area (Å²) in [7, 11) is 0. The third-order valence-corrected chi connectivity index (χ3v) is 5.18. The Bertz CT molecular complexity index is 534. The SMILES string of the molecule is CCN(CC)CCCC(C)NC(=O)c1nnn(C2CCNCC2)c1C. The van der Waals surface area contributed by atoms with Gasteiger partial charge in [0, 0.05) is 6.04 Å². The number of hydrogen-bond donors (Lipinski definition) is 2. The lowest BCUT2D eigenvalue weighted by Crippen LogP contribution is -2.34. The largest absolute Gasteiger partial charge is 0.348 e. The molecule has 25 heavy (non-hydrogen) atoms. The molecule has 1 fully saturated rings. The quantitative estimate of drug-likeness (QED) is 0.710. The molecule has 0 saturated carbocycles. The summed E-state index contributed by atoms with van der Waals surface area (Å²) in [4.78, 5) is 14.9. The average molecular weight is 351 g/mol. The normalized spacial score (nSPS) is 17.0. The molecule has 1 aliphatic rings. The smallest absolute Gasteiger partial charge is 0.273 e. The second-order valence-electron chi connectivity index (χ2n) is 6.99. The van der Waals surface area contributed by atoms with Crippen LogP contribution in [0.15, 0.2) is 0 Å². The fraction of sp³-hybridized carbons (Fsp3) is 0.833. The topological polar surface area (TPSA) is 75.1 Å². The minimum absolute atomic E-state index is 0.104. The number of piperidine rings is 1. The molecule has 1 atom stereocenters. The van der Waals surface area contributed by atoms with Gasteiger partial charge in [-0.3, -0.25) is 4.79 Å². The first-order valence-electron chi connectivity index (χ1n) is 9.72. The molecule has 0 bridgehead atoms. The van der Waals surface area contributed by atoms with Gasteiger partial charge in [0.15, 0.2) is 5.69 Å². The number of carbonyl (C=O) groups excluding carboxylic acids is 1. The molecule has 0 radical (unpaired) electrons. The maximum atomic E-state index is 12.5. The Morgan fingerprint density at radius 1 is 1.36 bits per heavy atom. The summed E-state index contributed by atoms with van der Waals surface area (Å²) in [5.41, 5.74) is 1.34. The molecule has 7 heteroatoms. The Morgan fingerprint density at radius 2 is 2.04 bits per heavy atom. The van der Waals surface area contributed by atoms with Gasteiger partial charge in [0.05, 0.1) is 11.7 Å². The van der Waals surface area contributed by atoms with Crippen LogP contribution in [0.2, 0.25) is 0 Å². The lowest BCUT2D eigenvalue weighted by Gasteiger charge is -2.23. The lowest BCUT2D eigenvalue weighted by atomic mass is 10.1. The van der Waals surface area contributed by atoms with E-state index in [-0.39, 0.29) is 11.9 Å². The van der Waals surface area contributed by atoms with Crippen LogP contribution in [0.5, 0.6) is 0 Å². The average Bonchev–Trinajstić information content (AvgIpc) is 3.01. The summed E-state index contributed by atoms with van der Waals surface area (Å²) in [6.45, 7) is 13.6. The molecule has 142 valence electrons. The zero-order valence-electron chi connectivity index (χ0n) is 16.2. The van der Waals surface area contributed by atoms with Gasteiger partial charge in [0.2, 0.25) is 0 Å². The molecule has 0 aliphatic carbocycles. The number of carbonyl (C=O) groups is 1. The minimum atomic E-state index is -0.104. The lowest BCUT2D eigenvalue weighted by molar-refractivity contribution is 0.0931. The molecule has 1 unspecified atom stereocenters. The third kappa shape index (κ3) is 5.51. The van der Waals surface area contributed by atoms with Gasteiger partial charge in [-0.25, -0.2) is 4.68 Å². The van der Waals surface area contributed by atoms with Gasteiger partial charge in [-0.05, 0) is 72.3 Å². The van der Waals surface area contributed by atoms with E-state index in [0.717, 1.165) is 64.1 Å². The van der Waals surface area contributed by atoms with E-state index in [4.69, 9.17) is 0 Å². The molecule has 1 aromatic heterocycles. The van der Waals surface area contributed by atoms with Crippen LogP contribution in [0.3, 0.4) is 0 Å². The summed E-state index contributed by atoms with van der Waals surface area (Å²) in [5, 5.41) is 14.8. The van der Waals surface area contributed by atoms with Gasteiger partial charge in [-0.15, -0.1) is 5.10 Å². The molecule has 2 rings (SSSR count). The number of nitrogens with one attached hydrogen (secondary N) is 2. The fourth-order valence-corrected chi connectivity index (χ4v) is 3.47. The van der Waals surface area contributed by atoms with E-state index in [1.807, 2.05) is 11.6 Å². The van der Waals surface area contributed by atoms with E-state index in [0.29, 0.717) is 11.7 Å². The maximum Gasteiger partial charge on any atom is 0.273 e. The van der Waals surface area contributed by atoms with Crippen LogP contribution in [0.25, 0.3) is 0 Å². The fourth-order valence-electron chi connectivity index (χ4n) is 3.47. The number of hydrogen-bond acceptors (Lipinski definition) is 5. The summed E-state index contributed by atoms with van der Waals surface area (Å²) in [6.07, 6.45) is 4.13. The van der Waals surface area contributed by atoms with E-state index in [9.17, 15) is 4.79 Å². The maximum absolute atomic E-state index is 12.5. The first kappa shape index (κ1) is 19.8. The van der Waals surface area contributed by atoms with E-state index in [1.165, 1.54) is 0 Å². The molecule has 1 aliphatic heterocycles. The second kappa shape index (κ2) is 9.87. The van der Waals surface area contributed by atoms with Gasteiger partial charge < -0.3 is 15.5 Å². The van der Waals surface area contributed by atoms with E-state index in [2.05, 4.69) is 46.6 Å². The third-order valence-electron chi connectivity index (χ3n) is 5.18. The predicted octanol–water partition coefficient (Wildman–Crippen LogP) is 1.75. The number of amides is 1. The van der Waals surface area contributed by atoms with E-state index < -0.39 is 0 Å². The Morgan fingerprint density at radius 3 is 2.68 bits per heavy atom. The van der Waals surface area contributed by atoms with Crippen LogP contribution in [0.4, 0.5) is 0 Å². The number of rotatable bonds is 9. The van der Waals surface area contributed by atoms with Crippen LogP contribution >= 0.6 is 0 Å². The molecule has 0 aromatic carbocycles. The monoisotopic (exact) mass is 350 g/mol. The van der Waals surface area contributed by atoms with Crippen molar-refractivity contribution < 1.29 is 4.79 Å². The van der Waals surface area contributed by atoms with Crippen molar-refractivity contribution in [2.45, 2.75) is 65.5 Å². The molecule has 0 spiro atoms. The number of aromatic nitrogens is 3. The molecule has 1 aromatic rings. The van der Waals surface area contributed by atoms with Crippen LogP contribution in [-0.2, 0) is 0 Å². The zero-order chi connectivity index (χ0) is 18.2. The molecule has 2 heterocycles. The first-order chi connectivity index (χ1) is 12.1. The molecule has 2 N–H and O–H groups in total. The van der Waals surface area contributed by atoms with Crippen LogP contribution in [0.1, 0.15) is 68.7 Å². The van der Waals surface area contributed by atoms with Crippen molar-refractivity contribution in [3.63, 3.8) is 0 Å². The summed E-state index contributed by atoms with van der Waals surface area (Å²) < 4.78 is 1.93. The van der Waals surface area contributed by atoms with Gasteiger partial charge in [0.1, 0.15) is 0 Å². The molecule has 7 nitrogen and oxygen atoms in total. The summed E-state index contributed by atoms with van der Waals surface area (Å²) in [6, 6.07) is 0.494. The predicted molar refractivity (Wildman–Crippen MR) is 99.8 cm³/mol. The van der Waals surface area contributed by atoms with Crippen molar-refractivity contribution >= 4 is 5.91 Å². The van der Waals surface area contributed by atoms with Crippen molar-refractivity contribution in [2.75, 3.05) is 32.7 Å². The highest BCUT2D eigenvalue weighted by molar-refractivity contribution is 5.93. The molecular weight excluding hydrogens is 316 g/mol. The van der Waals surface area contributed by atoms with Crippen LogP contribution in [-0.4, -0.2) is 64.6 Å². The highest BCUT2D eigenvalue weighted by Gasteiger charge is 2.23. The van der Waals surface area contributed by atoms with Crippen molar-refractivity contribution in [1.82, 2.24) is 30.5 Å². The standard InChI is InChI=1S/C18H34N6O/c1-5-23(6-2)13-7-8-14(3)20-18(25)17-15(4)24(22-21-17)16-9-11-19-12-10-16/h14,16,19H,5-13H2,1-4H3,(H,20,25). The summed E-state index contributed by atoms with van der Waals surface area (Å²) in [5.74, 6) is -0.104. The number of nitrogens with zero attached hydrogens (tertiary/aromatic N) is 4.